The van der Waals surface area contributed by atoms with Crippen LogP contribution in [-0.2, 0) is 4.74 Å². The van der Waals surface area contributed by atoms with E-state index in [1.165, 1.54) is 0 Å². The average Bonchev–Trinajstić information content (AvgIpc) is 2.18. The van der Waals surface area contributed by atoms with Crippen LogP contribution in [0.5, 0.6) is 0 Å². The topological polar surface area (TPSA) is 52.4 Å². The first kappa shape index (κ1) is 10.7. The van der Waals surface area contributed by atoms with Gasteiger partial charge in [0.05, 0.1) is 0 Å². The molecule has 0 spiro atoms. The third-order valence-electron chi connectivity index (χ3n) is 1.85. The van der Waals surface area contributed by atoms with Gasteiger partial charge in [-0.05, 0) is 12.5 Å². The highest BCUT2D eigenvalue weighted by Crippen LogP contribution is 2.16. The molecule has 0 saturated carbocycles. The lowest BCUT2D eigenvalue weighted by Crippen LogP contribution is -2.15. The molecule has 1 aromatic carbocycles. The van der Waals surface area contributed by atoms with Crippen LogP contribution in [0.15, 0.2) is 30.3 Å². The van der Waals surface area contributed by atoms with Crippen molar-refractivity contribution in [1.82, 2.24) is 0 Å². The third-order valence-corrected chi connectivity index (χ3v) is 1.85. The summed E-state index contributed by atoms with van der Waals surface area (Å²) >= 11 is 0. The summed E-state index contributed by atoms with van der Waals surface area (Å²) in [4.78, 5) is 10.0. The molecule has 0 heterocycles. The SMILES string of the molecule is CCOC(C[N+](=O)[O-])c1ccccc1. The second-order valence-electron chi connectivity index (χ2n) is 2.87. The van der Waals surface area contributed by atoms with E-state index < -0.39 is 6.10 Å². The van der Waals surface area contributed by atoms with E-state index in [0.29, 0.717) is 6.61 Å². The van der Waals surface area contributed by atoms with Gasteiger partial charge in [0, 0.05) is 11.5 Å². The Labute approximate surface area is 82.7 Å². The molecule has 0 saturated heterocycles. The fourth-order valence-electron chi connectivity index (χ4n) is 1.26. The van der Waals surface area contributed by atoms with E-state index in [2.05, 4.69) is 0 Å². The molecule has 1 rings (SSSR count). The van der Waals surface area contributed by atoms with Crippen LogP contribution in [0.2, 0.25) is 0 Å². The van der Waals surface area contributed by atoms with Gasteiger partial charge in [-0.1, -0.05) is 30.3 Å². The summed E-state index contributed by atoms with van der Waals surface area (Å²) in [6, 6.07) is 9.24. The lowest BCUT2D eigenvalue weighted by molar-refractivity contribution is -0.492. The van der Waals surface area contributed by atoms with Crippen molar-refractivity contribution in [1.29, 1.82) is 0 Å². The molecule has 1 atom stereocenters. The van der Waals surface area contributed by atoms with Crippen molar-refractivity contribution in [3.8, 4) is 0 Å². The Morgan fingerprint density at radius 1 is 1.43 bits per heavy atom. The molecule has 1 unspecified atom stereocenters. The maximum absolute atomic E-state index is 10.4. The van der Waals surface area contributed by atoms with E-state index in [4.69, 9.17) is 4.74 Å². The first-order valence-corrected chi connectivity index (χ1v) is 4.52. The summed E-state index contributed by atoms with van der Waals surface area (Å²) in [5.74, 6) is 0. The van der Waals surface area contributed by atoms with Crippen molar-refractivity contribution in [3.63, 3.8) is 0 Å². The molecule has 0 aromatic heterocycles. The normalized spacial score (nSPS) is 12.4. The van der Waals surface area contributed by atoms with Gasteiger partial charge in [0.1, 0.15) is 6.10 Å². The van der Waals surface area contributed by atoms with E-state index >= 15 is 0 Å². The molecule has 0 aliphatic heterocycles. The Morgan fingerprint density at radius 2 is 2.07 bits per heavy atom. The van der Waals surface area contributed by atoms with Crippen LogP contribution in [0.3, 0.4) is 0 Å². The van der Waals surface area contributed by atoms with Gasteiger partial charge in [-0.25, -0.2) is 0 Å². The Kier molecular flexibility index (Phi) is 4.07. The minimum absolute atomic E-state index is 0.183. The van der Waals surface area contributed by atoms with Gasteiger partial charge in [0.2, 0.25) is 6.54 Å². The van der Waals surface area contributed by atoms with Crippen molar-refractivity contribution in [3.05, 3.63) is 46.0 Å². The number of rotatable bonds is 5. The molecule has 0 fully saturated rings. The second kappa shape index (κ2) is 5.34. The van der Waals surface area contributed by atoms with Crippen molar-refractivity contribution >= 4 is 0 Å². The Hall–Kier alpha value is -1.42. The molecule has 76 valence electrons. The van der Waals surface area contributed by atoms with Crippen LogP contribution in [0.1, 0.15) is 18.6 Å². The van der Waals surface area contributed by atoms with Crippen molar-refractivity contribution in [2.24, 2.45) is 0 Å². The van der Waals surface area contributed by atoms with Crippen LogP contribution in [-0.4, -0.2) is 18.1 Å². The summed E-state index contributed by atoms with van der Waals surface area (Å²) in [5, 5.41) is 10.4. The number of hydrogen-bond donors (Lipinski definition) is 0. The number of hydrogen-bond acceptors (Lipinski definition) is 3. The highest BCUT2D eigenvalue weighted by Gasteiger charge is 2.16. The van der Waals surface area contributed by atoms with Gasteiger partial charge < -0.3 is 4.74 Å². The van der Waals surface area contributed by atoms with E-state index in [9.17, 15) is 10.1 Å². The molecule has 0 radical (unpaired) electrons. The van der Waals surface area contributed by atoms with E-state index in [0.717, 1.165) is 5.56 Å². The molecule has 0 bridgehead atoms. The summed E-state index contributed by atoms with van der Waals surface area (Å²) in [6.07, 6.45) is -0.434. The molecule has 0 amide bonds. The Morgan fingerprint density at radius 3 is 2.57 bits per heavy atom. The summed E-state index contributed by atoms with van der Waals surface area (Å²) in [7, 11) is 0. The minimum atomic E-state index is -0.434. The molecule has 4 heteroatoms. The molecular weight excluding hydrogens is 182 g/mol. The number of benzene rings is 1. The van der Waals surface area contributed by atoms with E-state index in [1.54, 1.807) is 0 Å². The van der Waals surface area contributed by atoms with E-state index in [1.807, 2.05) is 37.3 Å². The zero-order valence-electron chi connectivity index (χ0n) is 8.05. The molecule has 0 N–H and O–H groups in total. The van der Waals surface area contributed by atoms with Gasteiger partial charge in [-0.2, -0.15) is 0 Å². The summed E-state index contributed by atoms with van der Waals surface area (Å²) in [5.41, 5.74) is 0.853. The van der Waals surface area contributed by atoms with Crippen molar-refractivity contribution in [2.45, 2.75) is 13.0 Å². The van der Waals surface area contributed by atoms with Crippen molar-refractivity contribution in [2.75, 3.05) is 13.2 Å². The first-order chi connectivity index (χ1) is 6.74. The van der Waals surface area contributed by atoms with Crippen LogP contribution >= 0.6 is 0 Å². The number of nitro groups is 1. The standard InChI is InChI=1S/C10H13NO3/c1-2-14-10(8-11(12)13)9-6-4-3-5-7-9/h3-7,10H,2,8H2,1H3. The summed E-state index contributed by atoms with van der Waals surface area (Å²) in [6.45, 7) is 2.13. The molecule has 1 aromatic rings. The Balaban J connectivity index is 2.72. The molecule has 14 heavy (non-hydrogen) atoms. The van der Waals surface area contributed by atoms with Gasteiger partial charge in [0.25, 0.3) is 0 Å². The summed E-state index contributed by atoms with van der Waals surface area (Å²) < 4.78 is 5.30. The van der Waals surface area contributed by atoms with Gasteiger partial charge in [-0.3, -0.25) is 10.1 Å². The fourth-order valence-corrected chi connectivity index (χ4v) is 1.26. The highest BCUT2D eigenvalue weighted by atomic mass is 16.6. The van der Waals surface area contributed by atoms with Gasteiger partial charge in [0.15, 0.2) is 0 Å². The highest BCUT2D eigenvalue weighted by molar-refractivity contribution is 5.17. The Bertz CT molecular complexity index is 287. The van der Waals surface area contributed by atoms with Crippen LogP contribution in [0.25, 0.3) is 0 Å². The smallest absolute Gasteiger partial charge is 0.233 e. The molecular formula is C10H13NO3. The minimum Gasteiger partial charge on any atom is -0.367 e. The third kappa shape index (κ3) is 3.14. The largest absolute Gasteiger partial charge is 0.367 e. The molecule has 0 aliphatic rings. The van der Waals surface area contributed by atoms with Crippen LogP contribution < -0.4 is 0 Å². The lowest BCUT2D eigenvalue weighted by atomic mass is 10.1. The van der Waals surface area contributed by atoms with Crippen LogP contribution in [0.4, 0.5) is 0 Å². The first-order valence-electron chi connectivity index (χ1n) is 4.52. The zero-order valence-corrected chi connectivity index (χ0v) is 8.05. The lowest BCUT2D eigenvalue weighted by Gasteiger charge is -2.12. The number of ether oxygens (including phenoxy) is 1. The predicted molar refractivity (Wildman–Crippen MR) is 52.7 cm³/mol. The quantitative estimate of drug-likeness (QED) is 0.533. The van der Waals surface area contributed by atoms with E-state index in [-0.39, 0.29) is 11.5 Å². The monoisotopic (exact) mass is 195 g/mol. The molecule has 4 nitrogen and oxygen atoms in total. The average molecular weight is 195 g/mol. The van der Waals surface area contributed by atoms with Gasteiger partial charge >= 0.3 is 0 Å². The maximum Gasteiger partial charge on any atom is 0.233 e. The number of nitrogens with zero attached hydrogens (tertiary/aromatic N) is 1. The zero-order chi connectivity index (χ0) is 10.4. The van der Waals surface area contributed by atoms with Crippen LogP contribution in [0, 0.1) is 10.1 Å². The maximum atomic E-state index is 10.4. The fraction of sp³-hybridized carbons (Fsp3) is 0.400. The molecule has 0 aliphatic carbocycles. The van der Waals surface area contributed by atoms with Crippen molar-refractivity contribution < 1.29 is 9.66 Å². The second-order valence-corrected chi connectivity index (χ2v) is 2.87. The van der Waals surface area contributed by atoms with Gasteiger partial charge in [-0.15, -0.1) is 0 Å². The predicted octanol–water partition coefficient (Wildman–Crippen LogP) is 2.04.